The Hall–Kier alpha value is -0.120. The summed E-state index contributed by atoms with van der Waals surface area (Å²) in [7, 11) is 0. The molecule has 16 heavy (non-hydrogen) atoms. The lowest BCUT2D eigenvalue weighted by Gasteiger charge is -2.36. The van der Waals surface area contributed by atoms with Crippen LogP contribution in [0.3, 0.4) is 0 Å². The highest BCUT2D eigenvalue weighted by Gasteiger charge is 2.30. The molecule has 0 bridgehead atoms. The van der Waals surface area contributed by atoms with Crippen molar-refractivity contribution in [3.8, 4) is 0 Å². The minimum atomic E-state index is 0.272. The average Bonchev–Trinajstić information content (AvgIpc) is 2.31. The van der Waals surface area contributed by atoms with Crippen molar-refractivity contribution >= 4 is 0 Å². The lowest BCUT2D eigenvalue weighted by atomic mass is 9.77. The zero-order valence-electron chi connectivity index (χ0n) is 11.0. The minimum Gasteiger partial charge on any atom is -0.377 e. The van der Waals surface area contributed by atoms with E-state index in [0.717, 1.165) is 18.9 Å². The van der Waals surface area contributed by atoms with Crippen molar-refractivity contribution in [2.45, 2.75) is 65.0 Å². The topological polar surface area (TPSA) is 47.3 Å². The van der Waals surface area contributed by atoms with Crippen molar-refractivity contribution in [3.63, 3.8) is 0 Å². The van der Waals surface area contributed by atoms with Gasteiger partial charge >= 0.3 is 0 Å². The smallest absolute Gasteiger partial charge is 0.0741 e. The fraction of sp³-hybridized carbons (Fsp3) is 1.00. The van der Waals surface area contributed by atoms with Crippen LogP contribution >= 0.6 is 0 Å². The lowest BCUT2D eigenvalue weighted by Crippen LogP contribution is -2.50. The van der Waals surface area contributed by atoms with E-state index in [1.54, 1.807) is 0 Å². The molecule has 1 rings (SSSR count). The van der Waals surface area contributed by atoms with Gasteiger partial charge in [-0.25, -0.2) is 0 Å². The number of hydrogen-bond donors (Lipinski definition) is 2. The standard InChI is InChI=1S/C13H28N2O/c1-4-12(16-5-2)13(15-14)11-8-6-10(3)7-9-11/h10-13,15H,4-9,14H2,1-3H3. The first-order valence-corrected chi connectivity index (χ1v) is 6.80. The van der Waals surface area contributed by atoms with Crippen molar-refractivity contribution in [2.75, 3.05) is 6.61 Å². The highest BCUT2D eigenvalue weighted by atomic mass is 16.5. The van der Waals surface area contributed by atoms with Gasteiger partial charge in [-0.2, -0.15) is 0 Å². The second kappa shape index (κ2) is 7.25. The van der Waals surface area contributed by atoms with Gasteiger partial charge in [-0.1, -0.05) is 26.7 Å². The second-order valence-corrected chi connectivity index (χ2v) is 5.11. The summed E-state index contributed by atoms with van der Waals surface area (Å²) in [6.07, 6.45) is 6.57. The van der Waals surface area contributed by atoms with Crippen LogP contribution < -0.4 is 11.3 Å². The molecular formula is C13H28N2O. The summed E-state index contributed by atoms with van der Waals surface area (Å²) >= 11 is 0. The Morgan fingerprint density at radius 3 is 2.31 bits per heavy atom. The van der Waals surface area contributed by atoms with E-state index in [0.29, 0.717) is 12.0 Å². The summed E-state index contributed by atoms with van der Waals surface area (Å²) in [5.74, 6) is 7.30. The lowest BCUT2D eigenvalue weighted by molar-refractivity contribution is 0.00710. The molecule has 1 saturated carbocycles. The Bertz CT molecular complexity index is 179. The van der Waals surface area contributed by atoms with Gasteiger partial charge in [0.25, 0.3) is 0 Å². The molecule has 3 N–H and O–H groups in total. The predicted octanol–water partition coefficient (Wildman–Crippen LogP) is 2.46. The van der Waals surface area contributed by atoms with Crippen molar-refractivity contribution in [2.24, 2.45) is 17.7 Å². The molecule has 96 valence electrons. The highest BCUT2D eigenvalue weighted by molar-refractivity contribution is 4.85. The van der Waals surface area contributed by atoms with Gasteiger partial charge in [0.1, 0.15) is 0 Å². The predicted molar refractivity (Wildman–Crippen MR) is 67.9 cm³/mol. The summed E-state index contributed by atoms with van der Waals surface area (Å²) in [6, 6.07) is 0.331. The molecule has 1 fully saturated rings. The van der Waals surface area contributed by atoms with Gasteiger partial charge in [-0.05, 0) is 38.0 Å². The summed E-state index contributed by atoms with van der Waals surface area (Å²) in [5, 5.41) is 0. The van der Waals surface area contributed by atoms with E-state index < -0.39 is 0 Å². The minimum absolute atomic E-state index is 0.272. The maximum atomic E-state index is 5.78. The highest BCUT2D eigenvalue weighted by Crippen LogP contribution is 2.32. The number of rotatable bonds is 6. The maximum Gasteiger partial charge on any atom is 0.0741 e. The van der Waals surface area contributed by atoms with Crippen LogP contribution in [0.5, 0.6) is 0 Å². The Balaban J connectivity index is 2.51. The molecule has 0 spiro atoms. The van der Waals surface area contributed by atoms with Gasteiger partial charge in [-0.3, -0.25) is 11.3 Å². The molecule has 2 unspecified atom stereocenters. The molecule has 1 aliphatic carbocycles. The number of ether oxygens (including phenoxy) is 1. The van der Waals surface area contributed by atoms with Gasteiger partial charge in [0, 0.05) is 6.61 Å². The molecule has 0 heterocycles. The van der Waals surface area contributed by atoms with Gasteiger partial charge < -0.3 is 4.74 Å². The number of nitrogens with two attached hydrogens (primary N) is 1. The fourth-order valence-electron chi connectivity index (χ4n) is 2.88. The molecule has 0 aromatic rings. The summed E-state index contributed by atoms with van der Waals surface area (Å²) in [5.41, 5.74) is 3.00. The first-order valence-electron chi connectivity index (χ1n) is 6.80. The molecule has 0 aliphatic heterocycles. The second-order valence-electron chi connectivity index (χ2n) is 5.11. The van der Waals surface area contributed by atoms with E-state index in [1.807, 2.05) is 0 Å². The number of hydrazine groups is 1. The van der Waals surface area contributed by atoms with Crippen molar-refractivity contribution < 1.29 is 4.74 Å². The van der Waals surface area contributed by atoms with Crippen LogP contribution in [0, 0.1) is 11.8 Å². The molecule has 0 saturated heterocycles. The Kier molecular flexibility index (Phi) is 6.32. The third-order valence-electron chi connectivity index (χ3n) is 3.94. The van der Waals surface area contributed by atoms with Crippen LogP contribution in [0.1, 0.15) is 52.9 Å². The molecule has 0 aromatic carbocycles. The van der Waals surface area contributed by atoms with E-state index in [9.17, 15) is 0 Å². The zero-order valence-corrected chi connectivity index (χ0v) is 11.0. The summed E-state index contributed by atoms with van der Waals surface area (Å²) in [6.45, 7) is 7.36. The van der Waals surface area contributed by atoms with Crippen molar-refractivity contribution in [1.29, 1.82) is 0 Å². The molecule has 0 radical (unpaired) electrons. The Labute approximate surface area is 100 Å². The van der Waals surface area contributed by atoms with E-state index in [2.05, 4.69) is 26.2 Å². The summed E-state index contributed by atoms with van der Waals surface area (Å²) < 4.78 is 5.78. The first-order chi connectivity index (χ1) is 7.72. The molecule has 2 atom stereocenters. The van der Waals surface area contributed by atoms with Crippen LogP contribution in [0.25, 0.3) is 0 Å². The van der Waals surface area contributed by atoms with Crippen LogP contribution in [-0.4, -0.2) is 18.8 Å². The average molecular weight is 228 g/mol. The van der Waals surface area contributed by atoms with E-state index in [4.69, 9.17) is 10.6 Å². The van der Waals surface area contributed by atoms with Gasteiger partial charge in [-0.15, -0.1) is 0 Å². The molecule has 0 aromatic heterocycles. The monoisotopic (exact) mass is 228 g/mol. The Morgan fingerprint density at radius 1 is 1.25 bits per heavy atom. The van der Waals surface area contributed by atoms with Crippen LogP contribution in [0.4, 0.5) is 0 Å². The normalized spacial score (nSPS) is 30.0. The van der Waals surface area contributed by atoms with Crippen molar-refractivity contribution in [3.05, 3.63) is 0 Å². The quantitative estimate of drug-likeness (QED) is 0.542. The molecule has 0 amide bonds. The first kappa shape index (κ1) is 13.9. The van der Waals surface area contributed by atoms with E-state index in [-0.39, 0.29) is 6.10 Å². The zero-order chi connectivity index (χ0) is 12.0. The SMILES string of the molecule is CCOC(CC)C(NN)C1CCC(C)CC1. The van der Waals surface area contributed by atoms with Crippen LogP contribution in [-0.2, 0) is 4.74 Å². The van der Waals surface area contributed by atoms with E-state index in [1.165, 1.54) is 25.7 Å². The molecule has 3 heteroatoms. The largest absolute Gasteiger partial charge is 0.377 e. The number of hydrogen-bond acceptors (Lipinski definition) is 3. The number of nitrogens with one attached hydrogen (secondary N) is 1. The van der Waals surface area contributed by atoms with Gasteiger partial charge in [0.05, 0.1) is 12.1 Å². The van der Waals surface area contributed by atoms with Crippen LogP contribution in [0.15, 0.2) is 0 Å². The molecule has 3 nitrogen and oxygen atoms in total. The molecule has 1 aliphatic rings. The summed E-state index contributed by atoms with van der Waals surface area (Å²) in [4.78, 5) is 0. The third-order valence-corrected chi connectivity index (χ3v) is 3.94. The van der Waals surface area contributed by atoms with E-state index >= 15 is 0 Å². The maximum absolute atomic E-state index is 5.78. The van der Waals surface area contributed by atoms with Crippen molar-refractivity contribution in [1.82, 2.24) is 5.43 Å². The van der Waals surface area contributed by atoms with Gasteiger partial charge in [0.15, 0.2) is 0 Å². The molecular weight excluding hydrogens is 200 g/mol. The Morgan fingerprint density at radius 2 is 1.88 bits per heavy atom. The third kappa shape index (κ3) is 3.72. The van der Waals surface area contributed by atoms with Gasteiger partial charge in [0.2, 0.25) is 0 Å². The fourth-order valence-corrected chi connectivity index (χ4v) is 2.88. The van der Waals surface area contributed by atoms with Crippen LogP contribution in [0.2, 0.25) is 0 Å².